The molecule has 42 heavy (non-hydrogen) atoms. The molecule has 7 heteroatoms. The maximum atomic E-state index is 5.98. The van der Waals surface area contributed by atoms with Crippen LogP contribution in [0.4, 0.5) is 0 Å². The zero-order valence-electron chi connectivity index (χ0n) is 23.9. The largest absolute Gasteiger partial charge is 0.497 e. The van der Waals surface area contributed by atoms with E-state index in [-0.39, 0.29) is 10.8 Å². The van der Waals surface area contributed by atoms with E-state index < -0.39 is 0 Å². The van der Waals surface area contributed by atoms with Gasteiger partial charge in [0, 0.05) is 53.8 Å². The van der Waals surface area contributed by atoms with Gasteiger partial charge < -0.3 is 20.1 Å². The molecule has 3 N–H and O–H groups in total. The fourth-order valence-corrected chi connectivity index (χ4v) is 6.01. The van der Waals surface area contributed by atoms with E-state index in [4.69, 9.17) is 21.1 Å². The Morgan fingerprint density at radius 2 is 0.976 bits per heavy atom. The van der Waals surface area contributed by atoms with Gasteiger partial charge in [-0.2, -0.15) is 5.10 Å². The van der Waals surface area contributed by atoms with Crippen LogP contribution >= 0.6 is 11.6 Å². The third-order valence-electron chi connectivity index (χ3n) is 8.66. The van der Waals surface area contributed by atoms with Crippen LogP contribution in [0, 0.1) is 0 Å². The highest BCUT2D eigenvalue weighted by atomic mass is 35.5. The van der Waals surface area contributed by atoms with E-state index in [0.29, 0.717) is 0 Å². The van der Waals surface area contributed by atoms with Gasteiger partial charge in [0.15, 0.2) is 0 Å². The number of benzene rings is 4. The summed E-state index contributed by atoms with van der Waals surface area (Å²) in [5.41, 5.74) is 7.70. The molecule has 6 nitrogen and oxygen atoms in total. The summed E-state index contributed by atoms with van der Waals surface area (Å²) >= 11 is 5.98. The van der Waals surface area contributed by atoms with Crippen LogP contribution in [0.15, 0.2) is 109 Å². The number of ether oxygens (including phenoxy) is 2. The van der Waals surface area contributed by atoms with Crippen LogP contribution in [-0.4, -0.2) is 50.6 Å². The number of aromatic nitrogens is 2. The first-order valence-corrected chi connectivity index (χ1v) is 14.5. The van der Waals surface area contributed by atoms with Crippen molar-refractivity contribution in [2.75, 3.05) is 40.4 Å². The molecule has 0 saturated carbocycles. The second-order valence-corrected chi connectivity index (χ2v) is 11.3. The Morgan fingerprint density at radius 3 is 1.31 bits per heavy atom. The minimum absolute atomic E-state index is 0.0567. The van der Waals surface area contributed by atoms with Gasteiger partial charge in [0.2, 0.25) is 0 Å². The minimum Gasteiger partial charge on any atom is -0.497 e. The fraction of sp³-hybridized carbons (Fsp3) is 0.229. The predicted molar refractivity (Wildman–Crippen MR) is 169 cm³/mol. The van der Waals surface area contributed by atoms with Crippen molar-refractivity contribution in [1.82, 2.24) is 20.8 Å². The summed E-state index contributed by atoms with van der Waals surface area (Å²) in [6.45, 7) is 3.84. The number of hydrogen-bond donors (Lipinski definition) is 3. The van der Waals surface area contributed by atoms with E-state index in [1.807, 2.05) is 48.8 Å². The zero-order chi connectivity index (χ0) is 29.0. The van der Waals surface area contributed by atoms with E-state index in [2.05, 4.69) is 81.5 Å². The Bertz CT molecular complexity index is 1580. The lowest BCUT2D eigenvalue weighted by Gasteiger charge is -2.44. The zero-order valence-corrected chi connectivity index (χ0v) is 24.6. The molecule has 0 amide bonds. The predicted octanol–water partition coefficient (Wildman–Crippen LogP) is 6.21. The molecule has 3 heterocycles. The monoisotopic (exact) mass is 578 g/mol. The first kappa shape index (κ1) is 28.0. The maximum Gasteiger partial charge on any atom is 0.118 e. The highest BCUT2D eigenvalue weighted by Crippen LogP contribution is 2.38. The van der Waals surface area contributed by atoms with Gasteiger partial charge in [-0.05, 0) is 64.2 Å². The van der Waals surface area contributed by atoms with Crippen LogP contribution in [0.2, 0.25) is 5.02 Å². The first-order valence-electron chi connectivity index (χ1n) is 14.1. The van der Waals surface area contributed by atoms with Gasteiger partial charge in [-0.1, -0.05) is 72.3 Å². The Hall–Kier alpha value is -4.10. The van der Waals surface area contributed by atoms with Gasteiger partial charge in [0.1, 0.15) is 11.5 Å². The van der Waals surface area contributed by atoms with E-state index in [1.54, 1.807) is 14.2 Å². The number of nitrogens with one attached hydrogen (secondary N) is 3. The number of rotatable bonds is 7. The average molecular weight is 579 g/mol. The smallest absolute Gasteiger partial charge is 0.118 e. The Labute approximate surface area is 252 Å². The van der Waals surface area contributed by atoms with Crippen molar-refractivity contribution in [3.8, 4) is 22.6 Å². The Balaban J connectivity index is 0.000000153. The number of H-pyrrole nitrogens is 1. The van der Waals surface area contributed by atoms with E-state index in [0.717, 1.165) is 48.3 Å². The molecular weight excluding hydrogens is 544 g/mol. The summed E-state index contributed by atoms with van der Waals surface area (Å²) in [5.74, 6) is 1.79. The van der Waals surface area contributed by atoms with E-state index >= 15 is 0 Å². The average Bonchev–Trinajstić information content (AvgIpc) is 3.54. The Kier molecular flexibility index (Phi) is 8.02. The van der Waals surface area contributed by atoms with Gasteiger partial charge in [-0.25, -0.2) is 0 Å². The van der Waals surface area contributed by atoms with Crippen molar-refractivity contribution >= 4 is 11.6 Å². The normalized spacial score (nSPS) is 16.3. The molecule has 0 radical (unpaired) electrons. The van der Waals surface area contributed by atoms with Crippen molar-refractivity contribution in [3.05, 3.63) is 137 Å². The lowest BCUT2D eigenvalue weighted by Crippen LogP contribution is -2.57. The lowest BCUT2D eigenvalue weighted by molar-refractivity contribution is 0.334. The number of hydrogen-bond acceptors (Lipinski definition) is 5. The van der Waals surface area contributed by atoms with Gasteiger partial charge >= 0.3 is 0 Å². The van der Waals surface area contributed by atoms with Gasteiger partial charge in [0.25, 0.3) is 0 Å². The van der Waals surface area contributed by atoms with Crippen LogP contribution in [0.3, 0.4) is 0 Å². The SMILES string of the molecule is COc1ccc(C2(c3ccc(-c4cn[nH]c4)cc3)CNC2)cc1.COc1ccc(C2(c3ccc(Cl)cc3)CNC2)cc1. The van der Waals surface area contributed by atoms with Crippen molar-refractivity contribution in [3.63, 3.8) is 0 Å². The fourth-order valence-electron chi connectivity index (χ4n) is 5.88. The molecule has 0 aliphatic carbocycles. The molecule has 0 spiro atoms. The molecule has 1 aromatic heterocycles. The summed E-state index contributed by atoms with van der Waals surface area (Å²) in [5, 5.41) is 14.5. The van der Waals surface area contributed by atoms with Crippen molar-refractivity contribution < 1.29 is 9.47 Å². The van der Waals surface area contributed by atoms with Crippen LogP contribution in [-0.2, 0) is 10.8 Å². The summed E-state index contributed by atoms with van der Waals surface area (Å²) in [6, 6.07) is 33.7. The van der Waals surface area contributed by atoms with Crippen LogP contribution in [0.1, 0.15) is 22.3 Å². The van der Waals surface area contributed by atoms with E-state index in [1.165, 1.54) is 27.8 Å². The summed E-state index contributed by atoms with van der Waals surface area (Å²) in [6.07, 6.45) is 3.76. The van der Waals surface area contributed by atoms with Gasteiger partial charge in [0.05, 0.1) is 20.4 Å². The molecule has 2 aliphatic heterocycles. The van der Waals surface area contributed by atoms with Crippen LogP contribution < -0.4 is 20.1 Å². The highest BCUT2D eigenvalue weighted by Gasteiger charge is 2.41. The molecule has 2 fully saturated rings. The molecule has 5 aromatic rings. The van der Waals surface area contributed by atoms with Crippen molar-refractivity contribution in [1.29, 1.82) is 0 Å². The molecule has 2 aliphatic rings. The topological polar surface area (TPSA) is 71.2 Å². The molecule has 214 valence electrons. The Morgan fingerprint density at radius 1 is 0.571 bits per heavy atom. The van der Waals surface area contributed by atoms with Crippen LogP contribution in [0.25, 0.3) is 11.1 Å². The number of halogens is 1. The molecule has 4 aromatic carbocycles. The molecular formula is C35H35ClN4O2. The number of nitrogens with zero attached hydrogens (tertiary/aromatic N) is 1. The van der Waals surface area contributed by atoms with E-state index in [9.17, 15) is 0 Å². The summed E-state index contributed by atoms with van der Waals surface area (Å²) < 4.78 is 10.5. The van der Waals surface area contributed by atoms with Crippen molar-refractivity contribution in [2.24, 2.45) is 0 Å². The number of methoxy groups -OCH3 is 2. The third kappa shape index (κ3) is 5.29. The van der Waals surface area contributed by atoms with Crippen LogP contribution in [0.5, 0.6) is 11.5 Å². The van der Waals surface area contributed by atoms with Gasteiger partial charge in [-0.3, -0.25) is 5.10 Å². The second-order valence-electron chi connectivity index (χ2n) is 10.9. The maximum absolute atomic E-state index is 5.98. The third-order valence-corrected chi connectivity index (χ3v) is 8.91. The summed E-state index contributed by atoms with van der Waals surface area (Å²) in [7, 11) is 3.39. The summed E-state index contributed by atoms with van der Waals surface area (Å²) in [4.78, 5) is 0. The lowest BCUT2D eigenvalue weighted by atomic mass is 9.70. The minimum atomic E-state index is 0.0567. The first-order chi connectivity index (χ1) is 20.6. The molecule has 0 bridgehead atoms. The molecule has 0 unspecified atom stereocenters. The molecule has 0 atom stereocenters. The van der Waals surface area contributed by atoms with Crippen molar-refractivity contribution in [2.45, 2.75) is 10.8 Å². The second kappa shape index (κ2) is 12.0. The quantitative estimate of drug-likeness (QED) is 0.214. The molecule has 7 rings (SSSR count). The number of aromatic amines is 1. The highest BCUT2D eigenvalue weighted by molar-refractivity contribution is 6.30. The molecule has 2 saturated heterocycles. The standard InChI is InChI=1S/C19H19N3O.C16H16ClNO/c1-23-18-8-6-17(7-9-18)19(12-20-13-19)16-4-2-14(3-5-16)15-10-21-22-11-15;1-19-15-8-4-13(5-9-15)16(10-18-11-16)12-2-6-14(17)7-3-12/h2-11,20H,12-13H2,1H3,(H,21,22);2-9,18H,10-11H2,1H3. The van der Waals surface area contributed by atoms with Gasteiger partial charge in [-0.15, -0.1) is 0 Å².